The summed E-state index contributed by atoms with van der Waals surface area (Å²) in [5.41, 5.74) is 1.17. The first-order chi connectivity index (χ1) is 12.2. The van der Waals surface area contributed by atoms with Gasteiger partial charge in [0.05, 0.1) is 16.5 Å². The van der Waals surface area contributed by atoms with Crippen LogP contribution >= 0.6 is 39.1 Å². The van der Waals surface area contributed by atoms with Crippen LogP contribution in [0.15, 0.2) is 40.9 Å². The molecule has 0 aliphatic heterocycles. The zero-order valence-electron chi connectivity index (χ0n) is 14.3. The number of benzene rings is 2. The summed E-state index contributed by atoms with van der Waals surface area (Å²) in [7, 11) is -3.48. The van der Waals surface area contributed by atoms with Crippen LogP contribution in [0.5, 0.6) is 0 Å². The van der Waals surface area contributed by atoms with Gasteiger partial charge >= 0.3 is 0 Å². The number of hydrogen-bond acceptors (Lipinski definition) is 3. The van der Waals surface area contributed by atoms with Gasteiger partial charge < -0.3 is 0 Å². The fraction of sp³-hybridized carbons (Fsp3) is 0.278. The first kappa shape index (κ1) is 21.2. The number of hydrogen-bond donors (Lipinski definition) is 0. The molecule has 0 aliphatic rings. The lowest BCUT2D eigenvalue weighted by Crippen LogP contribution is -2.33. The van der Waals surface area contributed by atoms with Gasteiger partial charge in [0.15, 0.2) is 5.78 Å². The van der Waals surface area contributed by atoms with Crippen LogP contribution in [0.25, 0.3) is 0 Å². The second-order valence-electron chi connectivity index (χ2n) is 5.59. The number of ketones is 1. The molecule has 0 spiro atoms. The molecule has 2 aromatic rings. The third kappa shape index (κ3) is 4.60. The molecular formula is C18H18BrCl2NO3S. The number of nitrogens with zero attached hydrogens (tertiary/aromatic N) is 1. The molecule has 0 heterocycles. The smallest absolute Gasteiger partial charge is 0.234 e. The first-order valence-corrected chi connectivity index (χ1v) is 11.2. The highest BCUT2D eigenvalue weighted by molar-refractivity contribution is 9.10. The monoisotopic (exact) mass is 477 g/mol. The van der Waals surface area contributed by atoms with Gasteiger partial charge in [0, 0.05) is 27.2 Å². The second-order valence-corrected chi connectivity index (χ2v) is 9.47. The van der Waals surface area contributed by atoms with E-state index >= 15 is 0 Å². The Hall–Kier alpha value is -1.08. The Labute approximate surface area is 172 Å². The summed E-state index contributed by atoms with van der Waals surface area (Å²) >= 11 is 15.6. The molecule has 0 unspecified atom stereocenters. The second kappa shape index (κ2) is 8.74. The maximum absolute atomic E-state index is 12.7. The van der Waals surface area contributed by atoms with Gasteiger partial charge in [-0.05, 0) is 65.7 Å². The highest BCUT2D eigenvalue weighted by Gasteiger charge is 2.24. The van der Waals surface area contributed by atoms with E-state index in [1.54, 1.807) is 37.3 Å². The van der Waals surface area contributed by atoms with Crippen molar-refractivity contribution in [3.8, 4) is 0 Å². The topological polar surface area (TPSA) is 54.5 Å². The molecule has 8 heteroatoms. The Morgan fingerprint density at radius 1 is 1.12 bits per heavy atom. The zero-order chi connectivity index (χ0) is 19.5. The fourth-order valence-corrected chi connectivity index (χ4v) is 4.60. The Balaban J connectivity index is 2.50. The van der Waals surface area contributed by atoms with Crippen LogP contribution in [0.1, 0.15) is 36.2 Å². The Morgan fingerprint density at radius 3 is 2.27 bits per heavy atom. The minimum Gasteiger partial charge on any atom is -0.289 e. The van der Waals surface area contributed by atoms with Crippen LogP contribution in [0, 0.1) is 0 Å². The number of carbonyl (C=O) groups excluding carboxylic acids is 1. The van der Waals surface area contributed by atoms with Gasteiger partial charge in [-0.2, -0.15) is 0 Å². The lowest BCUT2D eigenvalue weighted by Gasteiger charge is -2.25. The highest BCUT2D eigenvalue weighted by Crippen LogP contribution is 2.35. The molecule has 0 atom stereocenters. The van der Waals surface area contributed by atoms with Gasteiger partial charge in [0.2, 0.25) is 10.0 Å². The number of halogens is 3. The molecule has 26 heavy (non-hydrogen) atoms. The molecule has 4 nitrogen and oxygen atoms in total. The van der Waals surface area contributed by atoms with Crippen molar-refractivity contribution in [1.82, 2.24) is 0 Å². The largest absolute Gasteiger partial charge is 0.289 e. The van der Waals surface area contributed by atoms with Gasteiger partial charge in [0.1, 0.15) is 0 Å². The maximum Gasteiger partial charge on any atom is 0.234 e. The third-order valence-corrected chi connectivity index (χ3v) is 6.77. The normalized spacial score (nSPS) is 11.4. The van der Waals surface area contributed by atoms with Gasteiger partial charge in [-0.3, -0.25) is 9.10 Å². The molecule has 0 aliphatic carbocycles. The van der Waals surface area contributed by atoms with Crippen LogP contribution in [0.4, 0.5) is 5.69 Å². The first-order valence-electron chi connectivity index (χ1n) is 8.01. The van der Waals surface area contributed by atoms with E-state index in [4.69, 9.17) is 23.2 Å². The molecule has 140 valence electrons. The Bertz CT molecular complexity index is 915. The molecule has 0 aromatic heterocycles. The number of rotatable bonds is 7. The van der Waals surface area contributed by atoms with E-state index in [1.165, 1.54) is 10.4 Å². The molecule has 0 bridgehead atoms. The molecule has 0 radical (unpaired) electrons. The van der Waals surface area contributed by atoms with Crippen molar-refractivity contribution in [2.24, 2.45) is 0 Å². The summed E-state index contributed by atoms with van der Waals surface area (Å²) in [6.45, 7) is 3.78. The molecule has 2 rings (SSSR count). The van der Waals surface area contributed by atoms with Crippen LogP contribution in [-0.2, 0) is 10.0 Å². The van der Waals surface area contributed by atoms with E-state index < -0.39 is 10.0 Å². The van der Waals surface area contributed by atoms with Gasteiger partial charge in [-0.15, -0.1) is 0 Å². The number of carbonyl (C=O) groups is 1. The molecular weight excluding hydrogens is 461 g/mol. The lowest BCUT2D eigenvalue weighted by molar-refractivity contribution is 0.103. The van der Waals surface area contributed by atoms with E-state index in [1.807, 2.05) is 6.92 Å². The van der Waals surface area contributed by atoms with Crippen molar-refractivity contribution in [2.45, 2.75) is 20.3 Å². The predicted octanol–water partition coefficient (Wildman–Crippen LogP) is 5.55. The average Bonchev–Trinajstić information content (AvgIpc) is 2.61. The van der Waals surface area contributed by atoms with Crippen molar-refractivity contribution in [1.29, 1.82) is 0 Å². The third-order valence-electron chi connectivity index (χ3n) is 3.78. The number of anilines is 1. The van der Waals surface area contributed by atoms with E-state index in [0.717, 1.165) is 0 Å². The molecule has 2 aromatic carbocycles. The molecule has 0 saturated carbocycles. The number of sulfonamides is 1. The van der Waals surface area contributed by atoms with Crippen LogP contribution in [0.3, 0.4) is 0 Å². The standard InChI is InChI=1S/C18H18BrCl2NO3S/c1-3-9-22(26(24,25)4-2)17-11-15(19)14(10-16(17)21)18(23)12-5-7-13(20)8-6-12/h5-8,10-11H,3-4,9H2,1-2H3. The van der Waals surface area contributed by atoms with E-state index in [9.17, 15) is 13.2 Å². The van der Waals surface area contributed by atoms with E-state index in [2.05, 4.69) is 15.9 Å². The molecule has 0 amide bonds. The summed E-state index contributed by atoms with van der Waals surface area (Å²) in [4.78, 5) is 12.7. The molecule has 0 fully saturated rings. The average molecular weight is 479 g/mol. The van der Waals surface area contributed by atoms with Crippen molar-refractivity contribution in [3.05, 3.63) is 62.0 Å². The summed E-state index contributed by atoms with van der Waals surface area (Å²) in [6.07, 6.45) is 0.638. The van der Waals surface area contributed by atoms with Crippen LogP contribution < -0.4 is 4.31 Å². The quantitative estimate of drug-likeness (QED) is 0.490. The van der Waals surface area contributed by atoms with Crippen LogP contribution in [-0.4, -0.2) is 26.5 Å². The summed E-state index contributed by atoms with van der Waals surface area (Å²) in [5.74, 6) is -0.269. The van der Waals surface area contributed by atoms with Crippen molar-refractivity contribution in [3.63, 3.8) is 0 Å². The van der Waals surface area contributed by atoms with Gasteiger partial charge in [0.25, 0.3) is 0 Å². The maximum atomic E-state index is 12.7. The van der Waals surface area contributed by atoms with Crippen molar-refractivity contribution in [2.75, 3.05) is 16.6 Å². The fourth-order valence-electron chi connectivity index (χ4n) is 2.43. The Kier molecular flexibility index (Phi) is 7.13. The zero-order valence-corrected chi connectivity index (χ0v) is 18.2. The predicted molar refractivity (Wildman–Crippen MR) is 111 cm³/mol. The summed E-state index contributed by atoms with van der Waals surface area (Å²) in [6, 6.07) is 9.60. The molecule has 0 saturated heterocycles. The highest BCUT2D eigenvalue weighted by atomic mass is 79.9. The summed E-state index contributed by atoms with van der Waals surface area (Å²) < 4.78 is 26.6. The SMILES string of the molecule is CCCN(c1cc(Br)c(C(=O)c2ccc(Cl)cc2)cc1Cl)S(=O)(=O)CC. The van der Waals surface area contributed by atoms with Crippen molar-refractivity contribution < 1.29 is 13.2 Å². The molecule has 0 N–H and O–H groups in total. The Morgan fingerprint density at radius 2 is 1.73 bits per heavy atom. The minimum atomic E-state index is -3.48. The van der Waals surface area contributed by atoms with Crippen molar-refractivity contribution >= 4 is 60.6 Å². The van der Waals surface area contributed by atoms with Crippen LogP contribution in [0.2, 0.25) is 10.0 Å². The van der Waals surface area contributed by atoms with E-state index in [-0.39, 0.29) is 16.6 Å². The minimum absolute atomic E-state index is 0.0353. The lowest BCUT2D eigenvalue weighted by atomic mass is 10.0. The van der Waals surface area contributed by atoms with Gasteiger partial charge in [-0.25, -0.2) is 8.42 Å². The van der Waals surface area contributed by atoms with Gasteiger partial charge in [-0.1, -0.05) is 30.1 Å². The van der Waals surface area contributed by atoms with E-state index in [0.29, 0.717) is 39.3 Å². The summed E-state index contributed by atoms with van der Waals surface area (Å²) in [5, 5.41) is 0.741.